The van der Waals surface area contributed by atoms with Crippen LogP contribution in [0.3, 0.4) is 0 Å². The van der Waals surface area contributed by atoms with Crippen LogP contribution < -0.4 is 11.1 Å². The summed E-state index contributed by atoms with van der Waals surface area (Å²) in [6, 6.07) is 3.44. The molecule has 8 heteroatoms. The molecule has 0 heterocycles. The summed E-state index contributed by atoms with van der Waals surface area (Å²) in [6.07, 6.45) is -4.50. The Labute approximate surface area is 113 Å². The van der Waals surface area contributed by atoms with Gasteiger partial charge in [0.2, 0.25) is 5.91 Å². The maximum Gasteiger partial charge on any atom is 0.416 e. The minimum atomic E-state index is -4.50. The number of carbonyl (C=O) groups is 1. The molecular formula is C12H14F3N3O2. The van der Waals surface area contributed by atoms with Crippen LogP contribution in [0.2, 0.25) is 0 Å². The molecule has 110 valence electrons. The monoisotopic (exact) mass is 289 g/mol. The predicted octanol–water partition coefficient (Wildman–Crippen LogP) is 2.33. The summed E-state index contributed by atoms with van der Waals surface area (Å²) in [5.74, 6) is -1.96. The van der Waals surface area contributed by atoms with Gasteiger partial charge in [-0.15, -0.1) is 0 Å². The lowest BCUT2D eigenvalue weighted by Gasteiger charge is -2.14. The number of alkyl halides is 3. The maximum atomic E-state index is 12.7. The molecule has 0 radical (unpaired) electrons. The number of hydrogen-bond acceptors (Lipinski definition) is 3. The van der Waals surface area contributed by atoms with Crippen LogP contribution in [0.15, 0.2) is 23.4 Å². The second-order valence-electron chi connectivity index (χ2n) is 4.26. The van der Waals surface area contributed by atoms with E-state index in [0.29, 0.717) is 0 Å². The van der Waals surface area contributed by atoms with Gasteiger partial charge in [-0.25, -0.2) is 0 Å². The molecule has 0 spiro atoms. The lowest BCUT2D eigenvalue weighted by molar-refractivity contribution is -0.138. The van der Waals surface area contributed by atoms with Gasteiger partial charge in [-0.1, -0.05) is 11.2 Å². The van der Waals surface area contributed by atoms with Gasteiger partial charge in [-0.05, 0) is 31.5 Å². The van der Waals surface area contributed by atoms with Crippen molar-refractivity contribution in [3.05, 3.63) is 29.3 Å². The number of nitrogens with one attached hydrogen (secondary N) is 1. The Bertz CT molecular complexity index is 541. The van der Waals surface area contributed by atoms with Gasteiger partial charge in [-0.3, -0.25) is 4.79 Å². The topological polar surface area (TPSA) is 87.7 Å². The number of amides is 1. The van der Waals surface area contributed by atoms with Crippen molar-refractivity contribution in [2.75, 3.05) is 5.32 Å². The highest BCUT2D eigenvalue weighted by molar-refractivity contribution is 6.07. The van der Waals surface area contributed by atoms with Crippen molar-refractivity contribution in [3.63, 3.8) is 0 Å². The number of amidine groups is 1. The zero-order valence-corrected chi connectivity index (χ0v) is 10.8. The van der Waals surface area contributed by atoms with Gasteiger partial charge < -0.3 is 16.3 Å². The van der Waals surface area contributed by atoms with Crippen molar-refractivity contribution in [1.29, 1.82) is 0 Å². The van der Waals surface area contributed by atoms with Crippen LogP contribution in [0.25, 0.3) is 0 Å². The molecule has 0 aromatic heterocycles. The van der Waals surface area contributed by atoms with Crippen LogP contribution in [-0.4, -0.2) is 17.0 Å². The third-order valence-corrected chi connectivity index (χ3v) is 2.76. The molecule has 0 aliphatic rings. The SMILES string of the molecule is Cc1ccc(NC(=O)C(C)C(N)=NO)cc1C(F)(F)F. The first-order chi connectivity index (χ1) is 9.16. The first-order valence-corrected chi connectivity index (χ1v) is 5.63. The van der Waals surface area contributed by atoms with Crippen molar-refractivity contribution in [2.45, 2.75) is 20.0 Å². The predicted molar refractivity (Wildman–Crippen MR) is 67.4 cm³/mol. The third kappa shape index (κ3) is 3.62. The van der Waals surface area contributed by atoms with E-state index in [1.165, 1.54) is 26.0 Å². The highest BCUT2D eigenvalue weighted by atomic mass is 19.4. The van der Waals surface area contributed by atoms with E-state index in [0.717, 1.165) is 6.07 Å². The van der Waals surface area contributed by atoms with Crippen molar-refractivity contribution < 1.29 is 23.2 Å². The molecule has 0 bridgehead atoms. The van der Waals surface area contributed by atoms with Crippen molar-refractivity contribution in [1.82, 2.24) is 0 Å². The zero-order valence-electron chi connectivity index (χ0n) is 10.8. The summed E-state index contributed by atoms with van der Waals surface area (Å²) in [4.78, 5) is 11.7. The van der Waals surface area contributed by atoms with Gasteiger partial charge in [0.1, 0.15) is 0 Å². The minimum Gasteiger partial charge on any atom is -0.409 e. The molecule has 4 N–H and O–H groups in total. The molecule has 0 saturated heterocycles. The Balaban J connectivity index is 2.98. The van der Waals surface area contributed by atoms with E-state index < -0.39 is 23.6 Å². The molecule has 5 nitrogen and oxygen atoms in total. The largest absolute Gasteiger partial charge is 0.416 e. The van der Waals surface area contributed by atoms with E-state index in [2.05, 4.69) is 10.5 Å². The lowest BCUT2D eigenvalue weighted by atomic mass is 10.1. The number of benzene rings is 1. The van der Waals surface area contributed by atoms with Gasteiger partial charge in [0.05, 0.1) is 11.5 Å². The first-order valence-electron chi connectivity index (χ1n) is 5.63. The Hall–Kier alpha value is -2.25. The molecule has 1 atom stereocenters. The number of aryl methyl sites for hydroxylation is 1. The number of halogens is 3. The molecule has 20 heavy (non-hydrogen) atoms. The van der Waals surface area contributed by atoms with Crippen LogP contribution in [0, 0.1) is 12.8 Å². The van der Waals surface area contributed by atoms with Gasteiger partial charge in [0.15, 0.2) is 5.84 Å². The molecule has 1 aromatic rings. The number of anilines is 1. The van der Waals surface area contributed by atoms with Crippen LogP contribution in [0.4, 0.5) is 18.9 Å². The quantitative estimate of drug-likeness (QED) is 0.345. The van der Waals surface area contributed by atoms with E-state index >= 15 is 0 Å². The number of carbonyl (C=O) groups excluding carboxylic acids is 1. The summed E-state index contributed by atoms with van der Waals surface area (Å²) >= 11 is 0. The fraction of sp³-hybridized carbons (Fsp3) is 0.333. The van der Waals surface area contributed by atoms with Crippen molar-refractivity contribution >= 4 is 17.4 Å². The first kappa shape index (κ1) is 15.8. The van der Waals surface area contributed by atoms with Gasteiger partial charge in [0.25, 0.3) is 0 Å². The number of nitrogens with zero attached hydrogens (tertiary/aromatic N) is 1. The molecule has 1 rings (SSSR count). The lowest BCUT2D eigenvalue weighted by Crippen LogP contribution is -2.32. The Morgan fingerprint density at radius 1 is 1.45 bits per heavy atom. The fourth-order valence-corrected chi connectivity index (χ4v) is 1.48. The summed E-state index contributed by atoms with van der Waals surface area (Å²) in [7, 11) is 0. The fourth-order valence-electron chi connectivity index (χ4n) is 1.48. The van der Waals surface area contributed by atoms with Crippen molar-refractivity contribution in [2.24, 2.45) is 16.8 Å². The van der Waals surface area contributed by atoms with Gasteiger partial charge in [-0.2, -0.15) is 13.2 Å². The second kappa shape index (κ2) is 5.81. The highest BCUT2D eigenvalue weighted by Crippen LogP contribution is 2.33. The van der Waals surface area contributed by atoms with Gasteiger partial charge >= 0.3 is 6.18 Å². The van der Waals surface area contributed by atoms with Gasteiger partial charge in [0, 0.05) is 5.69 Å². The summed E-state index contributed by atoms with van der Waals surface area (Å²) < 4.78 is 38.2. The third-order valence-electron chi connectivity index (χ3n) is 2.76. The molecule has 1 amide bonds. The number of nitrogens with two attached hydrogens (primary N) is 1. The molecule has 0 fully saturated rings. The Morgan fingerprint density at radius 2 is 2.05 bits per heavy atom. The summed E-state index contributed by atoms with van der Waals surface area (Å²) in [5.41, 5.74) is 4.47. The van der Waals surface area contributed by atoms with E-state index in [4.69, 9.17) is 10.9 Å². The molecule has 1 unspecified atom stereocenters. The van der Waals surface area contributed by atoms with E-state index in [1.54, 1.807) is 0 Å². The molecule has 0 saturated carbocycles. The average molecular weight is 289 g/mol. The van der Waals surface area contributed by atoms with Crippen LogP contribution in [0.1, 0.15) is 18.1 Å². The second-order valence-corrected chi connectivity index (χ2v) is 4.26. The zero-order chi connectivity index (χ0) is 15.5. The van der Waals surface area contributed by atoms with E-state index in [9.17, 15) is 18.0 Å². The number of oxime groups is 1. The number of rotatable bonds is 3. The smallest absolute Gasteiger partial charge is 0.409 e. The molecular weight excluding hydrogens is 275 g/mol. The van der Waals surface area contributed by atoms with E-state index in [1.807, 2.05) is 0 Å². The maximum absolute atomic E-state index is 12.7. The average Bonchev–Trinajstić information content (AvgIpc) is 2.37. The number of hydrogen-bond donors (Lipinski definition) is 3. The summed E-state index contributed by atoms with van der Waals surface area (Å²) in [6.45, 7) is 2.69. The molecule has 0 aliphatic heterocycles. The van der Waals surface area contributed by atoms with E-state index in [-0.39, 0.29) is 17.1 Å². The van der Waals surface area contributed by atoms with Crippen molar-refractivity contribution in [3.8, 4) is 0 Å². The summed E-state index contributed by atoms with van der Waals surface area (Å²) in [5, 5.41) is 13.4. The van der Waals surface area contributed by atoms with Crippen LogP contribution in [0.5, 0.6) is 0 Å². The molecule has 0 aliphatic carbocycles. The standard InChI is InChI=1S/C12H14F3N3O2/c1-6-3-4-8(5-9(6)12(13,14)15)17-11(19)7(2)10(16)18-20/h3-5,7,20H,1-2H3,(H2,16,18)(H,17,19). The Morgan fingerprint density at radius 3 is 2.55 bits per heavy atom. The van der Waals surface area contributed by atoms with Crippen LogP contribution in [-0.2, 0) is 11.0 Å². The normalized spacial score (nSPS) is 13.9. The molecule has 1 aromatic carbocycles. The Kier molecular flexibility index (Phi) is 4.59. The van der Waals surface area contributed by atoms with Crippen LogP contribution >= 0.6 is 0 Å². The minimum absolute atomic E-state index is 0.00878. The highest BCUT2D eigenvalue weighted by Gasteiger charge is 2.32.